The molecule has 4 nitrogen and oxygen atoms in total. The summed E-state index contributed by atoms with van der Waals surface area (Å²) in [4.78, 5) is 24.9. The van der Waals surface area contributed by atoms with Gasteiger partial charge in [-0.3, -0.25) is 9.59 Å². The second-order valence-electron chi connectivity index (χ2n) is 7.34. The Kier molecular flexibility index (Phi) is 8.05. The van der Waals surface area contributed by atoms with Crippen molar-refractivity contribution >= 4 is 34.5 Å². The molecule has 1 atom stereocenters. The Morgan fingerprint density at radius 3 is 2.41 bits per heavy atom. The minimum absolute atomic E-state index is 0.0242. The van der Waals surface area contributed by atoms with Crippen molar-refractivity contribution in [1.82, 2.24) is 5.32 Å². The van der Waals surface area contributed by atoms with E-state index in [9.17, 15) is 9.59 Å². The largest absolute Gasteiger partial charge is 0.459 e. The summed E-state index contributed by atoms with van der Waals surface area (Å²) in [6, 6.07) is 11.1. The third-order valence-corrected chi connectivity index (χ3v) is 5.84. The molecule has 1 heterocycles. The van der Waals surface area contributed by atoms with Crippen LogP contribution in [0.2, 0.25) is 0 Å². The molecule has 146 valence electrons. The number of carbonyl (C=O) groups excluding carboxylic acids is 2. The van der Waals surface area contributed by atoms with Crippen LogP contribution < -0.4 is 5.32 Å². The quantitative estimate of drug-likeness (QED) is 0.678. The van der Waals surface area contributed by atoms with Crippen molar-refractivity contribution in [2.45, 2.75) is 44.4 Å². The number of amides is 1. The molecule has 0 saturated carbocycles. The topological polar surface area (TPSA) is 59.3 Å². The average Bonchev–Trinajstić information content (AvgIpc) is 3.17. The average molecular weight is 406 g/mol. The molecule has 2 aromatic rings. The van der Waals surface area contributed by atoms with Gasteiger partial charge in [0.15, 0.2) is 5.76 Å². The molecule has 0 spiro atoms. The van der Waals surface area contributed by atoms with E-state index in [2.05, 4.69) is 50.4 Å². The first-order valence-corrected chi connectivity index (χ1v) is 11.3. The Bertz CT molecular complexity index is 734. The standard InChI is InChI=1S/C21H27NO3S2/c1-21(2,3)16-9-7-15(8-10-16)14-27-20(24)17(11-13-26-4)22-19(23)18-6-5-12-25-18/h5-10,12,17H,11,13-14H2,1-4H3,(H,22,23)/t17-/m1/s1. The normalized spacial score (nSPS) is 12.6. The van der Waals surface area contributed by atoms with Crippen molar-refractivity contribution in [3.05, 3.63) is 59.5 Å². The molecule has 0 aliphatic rings. The Morgan fingerprint density at radius 1 is 1.15 bits per heavy atom. The number of thioether (sulfide) groups is 2. The summed E-state index contributed by atoms with van der Waals surface area (Å²) in [6.45, 7) is 6.54. The van der Waals surface area contributed by atoms with E-state index in [0.717, 1.165) is 11.3 Å². The third-order valence-electron chi connectivity index (χ3n) is 4.15. The van der Waals surface area contributed by atoms with Gasteiger partial charge in [-0.1, -0.05) is 56.8 Å². The Labute approximate surface area is 169 Å². The Morgan fingerprint density at radius 2 is 1.85 bits per heavy atom. The van der Waals surface area contributed by atoms with Crippen LogP contribution >= 0.6 is 23.5 Å². The zero-order valence-electron chi connectivity index (χ0n) is 16.3. The zero-order valence-corrected chi connectivity index (χ0v) is 17.9. The van der Waals surface area contributed by atoms with E-state index in [1.807, 2.05) is 6.26 Å². The first-order valence-electron chi connectivity index (χ1n) is 8.90. The van der Waals surface area contributed by atoms with Gasteiger partial charge >= 0.3 is 0 Å². The van der Waals surface area contributed by atoms with Crippen molar-refractivity contribution in [2.24, 2.45) is 0 Å². The van der Waals surface area contributed by atoms with Crippen molar-refractivity contribution < 1.29 is 14.0 Å². The number of nitrogens with one attached hydrogen (secondary N) is 1. The highest BCUT2D eigenvalue weighted by Crippen LogP contribution is 2.24. The summed E-state index contributed by atoms with van der Waals surface area (Å²) in [6.07, 6.45) is 4.03. The van der Waals surface area contributed by atoms with E-state index in [4.69, 9.17) is 4.42 Å². The number of hydrogen-bond acceptors (Lipinski definition) is 5. The van der Waals surface area contributed by atoms with Crippen LogP contribution in [0.1, 0.15) is 48.9 Å². The highest BCUT2D eigenvalue weighted by atomic mass is 32.2. The summed E-state index contributed by atoms with van der Waals surface area (Å²) in [7, 11) is 0. The molecule has 0 radical (unpaired) electrons. The fourth-order valence-corrected chi connectivity index (χ4v) is 3.83. The maximum Gasteiger partial charge on any atom is 0.287 e. The van der Waals surface area contributed by atoms with Gasteiger partial charge in [0, 0.05) is 5.75 Å². The molecule has 1 N–H and O–H groups in total. The van der Waals surface area contributed by atoms with Crippen molar-refractivity contribution in [3.63, 3.8) is 0 Å². The fraction of sp³-hybridized carbons (Fsp3) is 0.429. The second kappa shape index (κ2) is 10.0. The van der Waals surface area contributed by atoms with Gasteiger partial charge in [0.05, 0.1) is 12.3 Å². The summed E-state index contributed by atoms with van der Waals surface area (Å²) < 4.78 is 5.11. The van der Waals surface area contributed by atoms with Gasteiger partial charge in [-0.15, -0.1) is 0 Å². The second-order valence-corrected chi connectivity index (χ2v) is 9.30. The molecule has 1 aromatic carbocycles. The van der Waals surface area contributed by atoms with Gasteiger partial charge in [0.25, 0.3) is 5.91 Å². The van der Waals surface area contributed by atoms with Crippen LogP contribution in [-0.2, 0) is 16.0 Å². The molecule has 0 aliphatic carbocycles. The van der Waals surface area contributed by atoms with Gasteiger partial charge in [-0.25, -0.2) is 0 Å². The number of carbonyl (C=O) groups is 2. The van der Waals surface area contributed by atoms with E-state index in [1.54, 1.807) is 23.9 Å². The maximum absolute atomic E-state index is 12.7. The third kappa shape index (κ3) is 6.78. The number of benzene rings is 1. The highest BCUT2D eigenvalue weighted by Gasteiger charge is 2.22. The summed E-state index contributed by atoms with van der Waals surface area (Å²) in [5, 5.41) is 2.78. The van der Waals surface area contributed by atoms with Crippen LogP contribution in [0.4, 0.5) is 0 Å². The van der Waals surface area contributed by atoms with E-state index in [-0.39, 0.29) is 22.2 Å². The van der Waals surface area contributed by atoms with Crippen molar-refractivity contribution in [3.8, 4) is 0 Å². The van der Waals surface area contributed by atoms with Crippen LogP contribution in [0, 0.1) is 0 Å². The Hall–Kier alpha value is -1.66. The molecule has 1 aromatic heterocycles. The summed E-state index contributed by atoms with van der Waals surface area (Å²) >= 11 is 2.90. The van der Waals surface area contributed by atoms with Crippen LogP contribution in [0.25, 0.3) is 0 Å². The number of hydrogen-bond donors (Lipinski definition) is 1. The summed E-state index contributed by atoms with van der Waals surface area (Å²) in [5.41, 5.74) is 2.48. The van der Waals surface area contributed by atoms with Crippen LogP contribution in [0.5, 0.6) is 0 Å². The van der Waals surface area contributed by atoms with Crippen LogP contribution in [-0.4, -0.2) is 29.1 Å². The van der Waals surface area contributed by atoms with Crippen LogP contribution in [0.3, 0.4) is 0 Å². The molecular weight excluding hydrogens is 378 g/mol. The smallest absolute Gasteiger partial charge is 0.287 e. The zero-order chi connectivity index (χ0) is 19.9. The lowest BCUT2D eigenvalue weighted by Crippen LogP contribution is -2.40. The predicted molar refractivity (Wildman–Crippen MR) is 114 cm³/mol. The number of rotatable bonds is 8. The predicted octanol–water partition coefficient (Wildman–Crippen LogP) is 4.89. The molecule has 0 bridgehead atoms. The van der Waals surface area contributed by atoms with E-state index in [0.29, 0.717) is 12.2 Å². The van der Waals surface area contributed by atoms with Gasteiger partial charge in [-0.2, -0.15) is 11.8 Å². The molecule has 27 heavy (non-hydrogen) atoms. The molecule has 1 amide bonds. The SMILES string of the molecule is CSCC[C@@H](NC(=O)c1ccco1)C(=O)SCc1ccc(C(C)(C)C)cc1. The molecule has 0 saturated heterocycles. The molecule has 6 heteroatoms. The monoisotopic (exact) mass is 405 g/mol. The lowest BCUT2D eigenvalue weighted by atomic mass is 9.87. The van der Waals surface area contributed by atoms with Crippen molar-refractivity contribution in [2.75, 3.05) is 12.0 Å². The van der Waals surface area contributed by atoms with Gasteiger partial charge < -0.3 is 9.73 Å². The first kappa shape index (κ1) is 21.6. The van der Waals surface area contributed by atoms with Gasteiger partial charge in [0.2, 0.25) is 5.12 Å². The molecule has 0 unspecified atom stereocenters. The first-order chi connectivity index (χ1) is 12.8. The van der Waals surface area contributed by atoms with E-state index < -0.39 is 6.04 Å². The number of furan rings is 1. The molecule has 0 aliphatic heterocycles. The Balaban J connectivity index is 1.95. The highest BCUT2D eigenvalue weighted by molar-refractivity contribution is 8.13. The van der Waals surface area contributed by atoms with Gasteiger partial charge in [0.1, 0.15) is 0 Å². The van der Waals surface area contributed by atoms with E-state index in [1.165, 1.54) is 23.6 Å². The minimum Gasteiger partial charge on any atom is -0.459 e. The summed E-state index contributed by atoms with van der Waals surface area (Å²) in [5.74, 6) is 1.26. The molecule has 2 rings (SSSR count). The maximum atomic E-state index is 12.7. The van der Waals surface area contributed by atoms with Crippen LogP contribution in [0.15, 0.2) is 47.1 Å². The lowest BCUT2D eigenvalue weighted by molar-refractivity contribution is -0.112. The van der Waals surface area contributed by atoms with E-state index >= 15 is 0 Å². The molecule has 0 fully saturated rings. The molecular formula is C21H27NO3S2. The van der Waals surface area contributed by atoms with Gasteiger partial charge in [-0.05, 0) is 47.1 Å². The lowest BCUT2D eigenvalue weighted by Gasteiger charge is -2.19. The minimum atomic E-state index is -0.520. The fourth-order valence-electron chi connectivity index (χ4n) is 2.48. The van der Waals surface area contributed by atoms with Crippen molar-refractivity contribution in [1.29, 1.82) is 0 Å².